The van der Waals surface area contributed by atoms with E-state index in [0.29, 0.717) is 44.0 Å². The Kier molecular flexibility index (Phi) is 6.20. The summed E-state index contributed by atoms with van der Waals surface area (Å²) in [7, 11) is 0. The van der Waals surface area contributed by atoms with Gasteiger partial charge in [-0.3, -0.25) is 0 Å². The van der Waals surface area contributed by atoms with Crippen molar-refractivity contribution >= 4 is 23.5 Å². The van der Waals surface area contributed by atoms with Crippen molar-refractivity contribution in [3.8, 4) is 12.3 Å². The number of nitrogens with one attached hydrogen (secondary N) is 1. The number of hydrogen-bond donors (Lipinski definition) is 5. The topological polar surface area (TPSA) is 161 Å². The molecule has 2 saturated heterocycles. The maximum absolute atomic E-state index is 6.19. The van der Waals surface area contributed by atoms with Crippen LogP contribution in [0.5, 0.6) is 0 Å². The summed E-state index contributed by atoms with van der Waals surface area (Å²) < 4.78 is 0. The second-order valence-corrected chi connectivity index (χ2v) is 8.43. The molecule has 4 atom stereocenters. The van der Waals surface area contributed by atoms with Crippen molar-refractivity contribution in [3.63, 3.8) is 0 Å². The van der Waals surface area contributed by atoms with Crippen LogP contribution in [0.3, 0.4) is 0 Å². The third-order valence-electron chi connectivity index (χ3n) is 5.49. The van der Waals surface area contributed by atoms with Crippen molar-refractivity contribution in [1.82, 2.24) is 15.0 Å². The first-order valence-electron chi connectivity index (χ1n) is 10.5. The third-order valence-corrected chi connectivity index (χ3v) is 5.49. The maximum Gasteiger partial charge on any atom is 0.233 e. The summed E-state index contributed by atoms with van der Waals surface area (Å²) in [6, 6.07) is 7.36. The zero-order valence-electron chi connectivity index (χ0n) is 17.5. The monoisotopic (exact) mass is 422 g/mol. The van der Waals surface area contributed by atoms with E-state index in [1.165, 1.54) is 0 Å². The minimum atomic E-state index is -0.0375. The number of aromatic nitrogens is 3. The fourth-order valence-corrected chi connectivity index (χ4v) is 4.19. The van der Waals surface area contributed by atoms with E-state index < -0.39 is 0 Å². The molecule has 0 amide bonds. The smallest absolute Gasteiger partial charge is 0.233 e. The van der Waals surface area contributed by atoms with Crippen LogP contribution in [0.2, 0.25) is 0 Å². The quantitative estimate of drug-likeness (QED) is 0.399. The van der Waals surface area contributed by atoms with Gasteiger partial charge in [-0.1, -0.05) is 12.0 Å². The summed E-state index contributed by atoms with van der Waals surface area (Å²) in [6.07, 6.45) is 7.07. The summed E-state index contributed by atoms with van der Waals surface area (Å²) in [5, 5.41) is 3.25. The first-order chi connectivity index (χ1) is 14.9. The predicted molar refractivity (Wildman–Crippen MR) is 123 cm³/mol. The maximum atomic E-state index is 6.19. The van der Waals surface area contributed by atoms with E-state index in [-0.39, 0.29) is 24.2 Å². The Labute approximate surface area is 182 Å². The molecule has 3 heterocycles. The van der Waals surface area contributed by atoms with Crippen LogP contribution in [0.25, 0.3) is 0 Å². The first kappa shape index (κ1) is 21.3. The Bertz CT molecular complexity index is 893. The van der Waals surface area contributed by atoms with Crippen LogP contribution in [0, 0.1) is 12.3 Å². The zero-order chi connectivity index (χ0) is 22.0. The van der Waals surface area contributed by atoms with Crippen molar-refractivity contribution in [1.29, 1.82) is 0 Å². The van der Waals surface area contributed by atoms with Gasteiger partial charge < -0.3 is 38.1 Å². The number of hydrogen-bond acceptors (Lipinski definition) is 10. The molecule has 10 nitrogen and oxygen atoms in total. The number of rotatable bonds is 4. The van der Waals surface area contributed by atoms with Gasteiger partial charge in [-0.05, 0) is 31.0 Å². The lowest BCUT2D eigenvalue weighted by Gasteiger charge is -2.37. The van der Waals surface area contributed by atoms with Crippen LogP contribution in [0.4, 0.5) is 23.5 Å². The predicted octanol–water partition coefficient (Wildman–Crippen LogP) is -0.674. The van der Waals surface area contributed by atoms with E-state index in [1.807, 2.05) is 34.1 Å². The van der Waals surface area contributed by atoms with Gasteiger partial charge >= 0.3 is 0 Å². The summed E-state index contributed by atoms with van der Waals surface area (Å²) in [5.74, 6) is 4.10. The van der Waals surface area contributed by atoms with Crippen LogP contribution < -0.4 is 38.1 Å². The molecule has 2 fully saturated rings. The Morgan fingerprint density at radius 1 is 0.839 bits per heavy atom. The zero-order valence-corrected chi connectivity index (χ0v) is 17.5. The molecular weight excluding hydrogens is 392 g/mol. The number of benzene rings is 1. The number of piperidine rings is 2. The summed E-state index contributed by atoms with van der Waals surface area (Å²) in [6.45, 7) is 2.51. The van der Waals surface area contributed by atoms with Gasteiger partial charge in [-0.2, -0.15) is 15.0 Å². The van der Waals surface area contributed by atoms with Crippen molar-refractivity contribution in [2.75, 3.05) is 41.3 Å². The van der Waals surface area contributed by atoms with Crippen LogP contribution in [-0.4, -0.2) is 65.3 Å². The molecule has 1 aromatic heterocycles. The fraction of sp³-hybridized carbons (Fsp3) is 0.476. The van der Waals surface area contributed by atoms with Gasteiger partial charge in [0.05, 0.1) is 0 Å². The van der Waals surface area contributed by atoms with E-state index in [4.69, 9.17) is 34.3 Å². The molecule has 0 radical (unpaired) electrons. The van der Waals surface area contributed by atoms with Gasteiger partial charge in [0.25, 0.3) is 0 Å². The molecule has 0 spiro atoms. The van der Waals surface area contributed by atoms with E-state index in [9.17, 15) is 0 Å². The molecule has 164 valence electrons. The van der Waals surface area contributed by atoms with Gasteiger partial charge in [0.15, 0.2) is 0 Å². The SMILES string of the molecule is C#Cc1cccc(Nc2nc(N3CC(N)CC(N)C3)nc(N3CC(N)CC(N)C3)n2)c1. The van der Waals surface area contributed by atoms with Crippen LogP contribution in [0.1, 0.15) is 18.4 Å². The van der Waals surface area contributed by atoms with Gasteiger partial charge in [0, 0.05) is 61.6 Å². The van der Waals surface area contributed by atoms with E-state index in [2.05, 4.69) is 21.2 Å². The molecule has 0 aliphatic carbocycles. The second-order valence-electron chi connectivity index (χ2n) is 8.43. The minimum Gasteiger partial charge on any atom is -0.338 e. The van der Waals surface area contributed by atoms with Crippen molar-refractivity contribution in [2.45, 2.75) is 37.0 Å². The van der Waals surface area contributed by atoms with Crippen LogP contribution >= 0.6 is 0 Å². The Hall–Kier alpha value is -2.97. The largest absolute Gasteiger partial charge is 0.338 e. The number of nitrogens with two attached hydrogens (primary N) is 4. The van der Waals surface area contributed by atoms with Crippen LogP contribution in [0.15, 0.2) is 24.3 Å². The highest BCUT2D eigenvalue weighted by atomic mass is 15.4. The molecular formula is C21H30N10. The molecule has 31 heavy (non-hydrogen) atoms. The molecule has 9 N–H and O–H groups in total. The molecule has 2 aliphatic rings. The average Bonchev–Trinajstić information content (AvgIpc) is 2.72. The first-order valence-corrected chi connectivity index (χ1v) is 10.5. The van der Waals surface area contributed by atoms with Gasteiger partial charge in [0.1, 0.15) is 0 Å². The minimum absolute atomic E-state index is 0.0375. The Morgan fingerprint density at radius 3 is 1.84 bits per heavy atom. The van der Waals surface area contributed by atoms with Gasteiger partial charge in [0.2, 0.25) is 17.8 Å². The molecule has 1 aromatic carbocycles. The molecule has 2 aromatic rings. The number of terminal acetylenes is 1. The van der Waals surface area contributed by atoms with Gasteiger partial charge in [-0.25, -0.2) is 0 Å². The van der Waals surface area contributed by atoms with E-state index >= 15 is 0 Å². The van der Waals surface area contributed by atoms with Crippen molar-refractivity contribution in [3.05, 3.63) is 29.8 Å². The highest BCUT2D eigenvalue weighted by molar-refractivity contribution is 5.59. The fourth-order valence-electron chi connectivity index (χ4n) is 4.19. The summed E-state index contributed by atoms with van der Waals surface area (Å²) in [4.78, 5) is 18.1. The average molecular weight is 423 g/mol. The molecule has 2 aliphatic heterocycles. The Morgan fingerprint density at radius 2 is 1.35 bits per heavy atom. The molecule has 0 saturated carbocycles. The third kappa shape index (κ3) is 5.21. The normalized spacial score (nSPS) is 26.4. The number of anilines is 4. The standard InChI is InChI=1S/C21H30N10/c1-2-13-4-3-5-18(6-13)26-19-27-20(30-9-14(22)7-15(23)10-30)29-21(28-19)31-11-16(24)8-17(25)12-31/h1,3-6,14-17H,7-12,22-25H2,(H,26,27,28,29). The van der Waals surface area contributed by atoms with E-state index in [1.54, 1.807) is 0 Å². The summed E-state index contributed by atoms with van der Waals surface area (Å²) in [5.41, 5.74) is 26.3. The highest BCUT2D eigenvalue weighted by Gasteiger charge is 2.28. The lowest BCUT2D eigenvalue weighted by molar-refractivity contribution is 0.441. The van der Waals surface area contributed by atoms with Crippen molar-refractivity contribution < 1.29 is 0 Å². The molecule has 10 heteroatoms. The van der Waals surface area contributed by atoms with Crippen molar-refractivity contribution in [2.24, 2.45) is 22.9 Å². The number of nitrogens with zero attached hydrogens (tertiary/aromatic N) is 5. The lowest BCUT2D eigenvalue weighted by Crippen LogP contribution is -2.54. The Balaban J connectivity index is 1.68. The van der Waals surface area contributed by atoms with Crippen LogP contribution in [-0.2, 0) is 0 Å². The lowest BCUT2D eigenvalue weighted by atomic mass is 10.0. The van der Waals surface area contributed by atoms with Gasteiger partial charge in [-0.15, -0.1) is 6.42 Å². The molecule has 4 unspecified atom stereocenters. The second kappa shape index (κ2) is 9.03. The highest BCUT2D eigenvalue weighted by Crippen LogP contribution is 2.24. The summed E-state index contributed by atoms with van der Waals surface area (Å²) >= 11 is 0. The molecule has 4 rings (SSSR count). The molecule has 0 bridgehead atoms. The van der Waals surface area contributed by atoms with E-state index in [0.717, 1.165) is 24.1 Å².